The molecule has 0 aromatic rings. The van der Waals surface area contributed by atoms with E-state index in [2.05, 4.69) is 32.9 Å². The standard InChI is InChI=1S/C31H39N11/c1-39-31(21-38)27-15-25(41-12-9-33)16-30(29(27)20-37)42-10-6-4-2-3-5-7-22-13-24(40-11-8-32)14-26(28(22)19-36)23(17-34)18-35/h24-25,40-42H,2-16,32-33H2/b31-27+. The summed E-state index contributed by atoms with van der Waals surface area (Å²) in [7, 11) is 0. The minimum atomic E-state index is -0.0432. The van der Waals surface area contributed by atoms with Gasteiger partial charge < -0.3 is 27.4 Å². The zero-order chi connectivity index (χ0) is 30.7. The maximum atomic E-state index is 9.84. The first-order valence-corrected chi connectivity index (χ1v) is 14.4. The summed E-state index contributed by atoms with van der Waals surface area (Å²) in [4.78, 5) is 3.34. The summed E-state index contributed by atoms with van der Waals surface area (Å²) in [6.45, 7) is 10.2. The van der Waals surface area contributed by atoms with Crippen molar-refractivity contribution in [3.05, 3.63) is 56.2 Å². The lowest BCUT2D eigenvalue weighted by atomic mass is 9.80. The summed E-state index contributed by atoms with van der Waals surface area (Å²) in [6.07, 6.45) is 7.72. The van der Waals surface area contributed by atoms with Crippen LogP contribution in [0.15, 0.2) is 44.8 Å². The summed E-state index contributed by atoms with van der Waals surface area (Å²) in [5.74, 6) is 0. The number of rotatable bonds is 15. The zero-order valence-electron chi connectivity index (χ0n) is 24.1. The Morgan fingerprint density at radius 1 is 0.738 bits per heavy atom. The van der Waals surface area contributed by atoms with Crippen LogP contribution in [0, 0.1) is 63.2 Å². The predicted molar refractivity (Wildman–Crippen MR) is 159 cm³/mol. The van der Waals surface area contributed by atoms with Crippen LogP contribution in [0.4, 0.5) is 0 Å². The van der Waals surface area contributed by atoms with Crippen LogP contribution in [0.1, 0.15) is 64.2 Å². The second-order valence-corrected chi connectivity index (χ2v) is 10.3. The highest BCUT2D eigenvalue weighted by molar-refractivity contribution is 5.57. The van der Waals surface area contributed by atoms with Gasteiger partial charge in [-0.05, 0) is 49.7 Å². The van der Waals surface area contributed by atoms with Crippen LogP contribution in [0.25, 0.3) is 4.85 Å². The SMILES string of the molecule is [C-]#[N+]/C(C#N)=C1\CC(NCCN)CC(NCCCCCCCC2=C(C#N)C(=C(C#N)C#N)CC(NCCN)C2)=C1C#N. The number of nitrogens with zero attached hydrogens (tertiary/aromatic N) is 6. The van der Waals surface area contributed by atoms with Crippen molar-refractivity contribution in [1.29, 1.82) is 26.3 Å². The second kappa shape index (κ2) is 18.8. The molecular formula is C31H39N11. The Labute approximate surface area is 249 Å². The molecule has 0 aromatic carbocycles. The van der Waals surface area contributed by atoms with Crippen molar-refractivity contribution in [2.24, 2.45) is 11.5 Å². The molecule has 2 aliphatic carbocycles. The van der Waals surface area contributed by atoms with Gasteiger partial charge in [0.05, 0.1) is 35.9 Å². The van der Waals surface area contributed by atoms with Crippen molar-refractivity contribution in [3.8, 4) is 30.3 Å². The molecule has 0 saturated carbocycles. The molecule has 0 heterocycles. The van der Waals surface area contributed by atoms with E-state index < -0.39 is 0 Å². The number of nitrogens with two attached hydrogens (primary N) is 2. The van der Waals surface area contributed by atoms with E-state index in [4.69, 9.17) is 18.0 Å². The summed E-state index contributed by atoms with van der Waals surface area (Å²) in [5, 5.41) is 58.0. The molecule has 0 aromatic heterocycles. The van der Waals surface area contributed by atoms with Gasteiger partial charge in [-0.3, -0.25) is 0 Å². The number of unbranched alkanes of at least 4 members (excludes halogenated alkanes) is 4. The lowest BCUT2D eigenvalue weighted by molar-refractivity contribution is 0.478. The van der Waals surface area contributed by atoms with E-state index >= 15 is 0 Å². The van der Waals surface area contributed by atoms with Crippen molar-refractivity contribution in [1.82, 2.24) is 16.0 Å². The number of hydrogen-bond acceptors (Lipinski definition) is 10. The lowest BCUT2D eigenvalue weighted by Crippen LogP contribution is -2.38. The highest BCUT2D eigenvalue weighted by atomic mass is 15.0. The van der Waals surface area contributed by atoms with E-state index in [0.717, 1.165) is 49.8 Å². The Morgan fingerprint density at radius 2 is 1.33 bits per heavy atom. The van der Waals surface area contributed by atoms with E-state index in [9.17, 15) is 26.3 Å². The summed E-state index contributed by atoms with van der Waals surface area (Å²) in [5.41, 5.74) is 14.9. The van der Waals surface area contributed by atoms with Gasteiger partial charge in [-0.15, -0.1) is 0 Å². The fourth-order valence-electron chi connectivity index (χ4n) is 5.51. The van der Waals surface area contributed by atoms with Crippen LogP contribution in [-0.2, 0) is 0 Å². The Kier molecular flexibility index (Phi) is 15.1. The number of nitrogens with one attached hydrogen (secondary N) is 3. The van der Waals surface area contributed by atoms with Crippen LogP contribution < -0.4 is 27.4 Å². The van der Waals surface area contributed by atoms with Crippen LogP contribution >= 0.6 is 0 Å². The number of allylic oxidation sites excluding steroid dienone is 4. The maximum absolute atomic E-state index is 9.84. The molecular weight excluding hydrogens is 526 g/mol. The molecule has 42 heavy (non-hydrogen) atoms. The smallest absolute Gasteiger partial charge is 0.266 e. The third kappa shape index (κ3) is 9.58. The van der Waals surface area contributed by atoms with Gasteiger partial charge in [0, 0.05) is 56.9 Å². The number of nitriles is 5. The van der Waals surface area contributed by atoms with Crippen LogP contribution in [-0.4, -0.2) is 44.8 Å². The Bertz CT molecular complexity index is 1200. The molecule has 11 nitrogen and oxygen atoms in total. The first-order chi connectivity index (χ1) is 20.5. The van der Waals surface area contributed by atoms with Gasteiger partial charge in [0.1, 0.15) is 17.7 Å². The van der Waals surface area contributed by atoms with E-state index in [1.54, 1.807) is 0 Å². The van der Waals surface area contributed by atoms with E-state index in [1.807, 2.05) is 18.2 Å². The quantitative estimate of drug-likeness (QED) is 0.111. The molecule has 2 rings (SSSR count). The number of hydrogen-bond donors (Lipinski definition) is 5. The van der Waals surface area contributed by atoms with E-state index in [-0.39, 0.29) is 23.4 Å². The molecule has 218 valence electrons. The topological polar surface area (TPSA) is 211 Å². The fourth-order valence-corrected chi connectivity index (χ4v) is 5.51. The van der Waals surface area contributed by atoms with E-state index in [0.29, 0.717) is 80.7 Å². The molecule has 0 saturated heterocycles. The van der Waals surface area contributed by atoms with Crippen molar-refractivity contribution >= 4 is 0 Å². The van der Waals surface area contributed by atoms with Crippen LogP contribution in [0.2, 0.25) is 0 Å². The average molecular weight is 566 g/mol. The van der Waals surface area contributed by atoms with Gasteiger partial charge >= 0.3 is 0 Å². The molecule has 0 amide bonds. The van der Waals surface area contributed by atoms with Gasteiger partial charge in [0.25, 0.3) is 5.70 Å². The van der Waals surface area contributed by atoms with E-state index in [1.165, 1.54) is 0 Å². The molecule has 11 heteroatoms. The summed E-state index contributed by atoms with van der Waals surface area (Å²) in [6, 6.07) is 10.3. The molecule has 0 bridgehead atoms. The predicted octanol–water partition coefficient (Wildman–Crippen LogP) is 2.98. The molecule has 2 aliphatic rings. The largest absolute Gasteiger partial charge is 0.387 e. The van der Waals surface area contributed by atoms with Gasteiger partial charge in [-0.1, -0.05) is 24.8 Å². The minimum absolute atomic E-state index is 0.00138. The third-order valence-electron chi connectivity index (χ3n) is 7.50. The monoisotopic (exact) mass is 565 g/mol. The highest BCUT2D eigenvalue weighted by Gasteiger charge is 2.28. The van der Waals surface area contributed by atoms with Gasteiger partial charge in [-0.25, -0.2) is 10.1 Å². The summed E-state index contributed by atoms with van der Waals surface area (Å²) >= 11 is 0. The summed E-state index contributed by atoms with van der Waals surface area (Å²) < 4.78 is 0. The molecule has 7 N–H and O–H groups in total. The van der Waals surface area contributed by atoms with Gasteiger partial charge in [0.2, 0.25) is 0 Å². The van der Waals surface area contributed by atoms with Crippen LogP contribution in [0.5, 0.6) is 0 Å². The first kappa shape index (κ1) is 33.7. The molecule has 0 aliphatic heterocycles. The van der Waals surface area contributed by atoms with Crippen molar-refractivity contribution in [2.75, 3.05) is 32.7 Å². The van der Waals surface area contributed by atoms with Crippen molar-refractivity contribution < 1.29 is 0 Å². The van der Waals surface area contributed by atoms with Gasteiger partial charge in [-0.2, -0.15) is 21.0 Å². The first-order valence-electron chi connectivity index (χ1n) is 14.4. The highest BCUT2D eigenvalue weighted by Crippen LogP contribution is 2.35. The van der Waals surface area contributed by atoms with Crippen molar-refractivity contribution in [2.45, 2.75) is 76.3 Å². The Balaban J connectivity index is 1.94. The fraction of sp³-hybridized carbons (Fsp3) is 0.548. The van der Waals surface area contributed by atoms with Crippen molar-refractivity contribution in [3.63, 3.8) is 0 Å². The minimum Gasteiger partial charge on any atom is -0.387 e. The third-order valence-corrected chi connectivity index (χ3v) is 7.50. The normalized spacial score (nSPS) is 19.5. The van der Waals surface area contributed by atoms with Crippen LogP contribution in [0.3, 0.4) is 0 Å². The zero-order valence-corrected chi connectivity index (χ0v) is 24.1. The molecule has 0 spiro atoms. The molecule has 2 unspecified atom stereocenters. The maximum Gasteiger partial charge on any atom is 0.266 e. The van der Waals surface area contributed by atoms with Gasteiger partial charge in [0.15, 0.2) is 0 Å². The lowest BCUT2D eigenvalue weighted by Gasteiger charge is -2.28. The molecule has 0 radical (unpaired) electrons. The Morgan fingerprint density at radius 3 is 1.90 bits per heavy atom. The average Bonchev–Trinajstić information content (AvgIpc) is 3.01. The molecule has 0 fully saturated rings. The Hall–Kier alpha value is -4.46. The molecule has 2 atom stereocenters. The second-order valence-electron chi connectivity index (χ2n) is 10.3.